The third-order valence-electron chi connectivity index (χ3n) is 2.84. The van der Waals surface area contributed by atoms with Crippen molar-refractivity contribution >= 4 is 34.5 Å². The van der Waals surface area contributed by atoms with Crippen LogP contribution in [0.15, 0.2) is 6.07 Å². The van der Waals surface area contributed by atoms with Gasteiger partial charge in [0, 0.05) is 24.3 Å². The van der Waals surface area contributed by atoms with E-state index in [1.807, 2.05) is 6.07 Å². The Morgan fingerprint density at radius 1 is 1.50 bits per heavy atom. The van der Waals surface area contributed by atoms with Gasteiger partial charge in [0.15, 0.2) is 0 Å². The summed E-state index contributed by atoms with van der Waals surface area (Å²) in [6.45, 7) is 5.89. The van der Waals surface area contributed by atoms with E-state index < -0.39 is 0 Å². The van der Waals surface area contributed by atoms with E-state index in [4.69, 9.17) is 27.9 Å². The van der Waals surface area contributed by atoms with Gasteiger partial charge < -0.3 is 10.1 Å². The molecule has 1 aromatic heterocycles. The van der Waals surface area contributed by atoms with Crippen LogP contribution in [0.4, 0.5) is 0 Å². The summed E-state index contributed by atoms with van der Waals surface area (Å²) in [6.07, 6.45) is 1.01. The first-order chi connectivity index (χ1) is 7.48. The molecule has 0 saturated carbocycles. The standard InChI is InChI=1S/C11H15Cl2NOS/c1-11(2)3-4-15-8(6-14-11)7-5-9(12)16-10(7)13/h5,8,14H,3-4,6H2,1-2H3. The Balaban J connectivity index is 2.13. The lowest BCUT2D eigenvalue weighted by Gasteiger charge is -2.23. The molecule has 1 atom stereocenters. The fourth-order valence-electron chi connectivity index (χ4n) is 1.74. The van der Waals surface area contributed by atoms with Crippen molar-refractivity contribution in [3.8, 4) is 0 Å². The number of halogens is 2. The van der Waals surface area contributed by atoms with Crippen LogP contribution in [0.5, 0.6) is 0 Å². The lowest BCUT2D eigenvalue weighted by atomic mass is 10.0. The molecule has 0 aromatic carbocycles. The molecule has 1 aromatic rings. The van der Waals surface area contributed by atoms with E-state index in [0.717, 1.165) is 29.5 Å². The number of thiophene rings is 1. The summed E-state index contributed by atoms with van der Waals surface area (Å²) in [6, 6.07) is 1.90. The van der Waals surface area contributed by atoms with Gasteiger partial charge in [0.2, 0.25) is 0 Å². The maximum absolute atomic E-state index is 6.13. The molecule has 16 heavy (non-hydrogen) atoms. The molecule has 2 rings (SSSR count). The minimum atomic E-state index is 0.0121. The summed E-state index contributed by atoms with van der Waals surface area (Å²) in [5.41, 5.74) is 1.13. The molecule has 90 valence electrons. The summed E-state index contributed by atoms with van der Waals surface area (Å²) in [5, 5.41) is 3.48. The van der Waals surface area contributed by atoms with Gasteiger partial charge >= 0.3 is 0 Å². The number of rotatable bonds is 1. The number of ether oxygens (including phenoxy) is 1. The molecule has 1 unspecified atom stereocenters. The highest BCUT2D eigenvalue weighted by Gasteiger charge is 2.26. The van der Waals surface area contributed by atoms with Crippen LogP contribution in [0.2, 0.25) is 8.67 Å². The number of nitrogens with one attached hydrogen (secondary N) is 1. The third kappa shape index (κ3) is 2.90. The lowest BCUT2D eigenvalue weighted by Crippen LogP contribution is -2.39. The highest BCUT2D eigenvalue weighted by Crippen LogP contribution is 2.37. The first-order valence-electron chi connectivity index (χ1n) is 5.29. The predicted octanol–water partition coefficient (Wildman–Crippen LogP) is 3.88. The van der Waals surface area contributed by atoms with Gasteiger partial charge in [-0.1, -0.05) is 23.2 Å². The zero-order chi connectivity index (χ0) is 11.8. The minimum absolute atomic E-state index is 0.0121. The van der Waals surface area contributed by atoms with Crippen LogP contribution in [0.1, 0.15) is 31.9 Å². The van der Waals surface area contributed by atoms with E-state index in [-0.39, 0.29) is 11.6 Å². The summed E-state index contributed by atoms with van der Waals surface area (Å²) in [5.74, 6) is 0. The van der Waals surface area contributed by atoms with Gasteiger partial charge in [0.05, 0.1) is 10.4 Å². The molecule has 0 spiro atoms. The van der Waals surface area contributed by atoms with Gasteiger partial charge in [-0.3, -0.25) is 0 Å². The van der Waals surface area contributed by atoms with Gasteiger partial charge in [-0.2, -0.15) is 0 Å². The smallest absolute Gasteiger partial charge is 0.100 e. The van der Waals surface area contributed by atoms with Crippen LogP contribution >= 0.6 is 34.5 Å². The quantitative estimate of drug-likeness (QED) is 0.842. The highest BCUT2D eigenvalue weighted by atomic mass is 35.5. The maximum Gasteiger partial charge on any atom is 0.100 e. The molecule has 0 amide bonds. The Kier molecular flexibility index (Phi) is 3.82. The Labute approximate surface area is 110 Å². The average Bonchev–Trinajstić information content (AvgIpc) is 2.41. The molecule has 2 heterocycles. The zero-order valence-corrected chi connectivity index (χ0v) is 11.7. The molecule has 1 aliphatic heterocycles. The second-order valence-corrected chi connectivity index (χ2v) is 6.94. The van der Waals surface area contributed by atoms with Gasteiger partial charge in [-0.15, -0.1) is 11.3 Å². The molecular weight excluding hydrogens is 265 g/mol. The van der Waals surface area contributed by atoms with Crippen LogP contribution in [0.25, 0.3) is 0 Å². The Hall–Kier alpha value is 0.200. The normalized spacial score (nSPS) is 25.4. The van der Waals surface area contributed by atoms with Crippen LogP contribution in [0, 0.1) is 0 Å². The number of hydrogen-bond acceptors (Lipinski definition) is 3. The van der Waals surface area contributed by atoms with E-state index in [1.165, 1.54) is 11.3 Å². The van der Waals surface area contributed by atoms with Crippen molar-refractivity contribution in [1.29, 1.82) is 0 Å². The van der Waals surface area contributed by atoms with E-state index in [2.05, 4.69) is 19.2 Å². The monoisotopic (exact) mass is 279 g/mol. The second kappa shape index (κ2) is 4.83. The van der Waals surface area contributed by atoms with Crippen molar-refractivity contribution in [1.82, 2.24) is 5.32 Å². The highest BCUT2D eigenvalue weighted by molar-refractivity contribution is 7.20. The molecule has 1 saturated heterocycles. The van der Waals surface area contributed by atoms with Crippen molar-refractivity contribution < 1.29 is 4.74 Å². The molecule has 2 nitrogen and oxygen atoms in total. The summed E-state index contributed by atoms with van der Waals surface area (Å²) in [4.78, 5) is 0. The van der Waals surface area contributed by atoms with E-state index in [9.17, 15) is 0 Å². The molecule has 1 aliphatic rings. The van der Waals surface area contributed by atoms with Gasteiger partial charge in [0.25, 0.3) is 0 Å². The molecule has 0 bridgehead atoms. The van der Waals surface area contributed by atoms with E-state index in [1.54, 1.807) is 0 Å². The Morgan fingerprint density at radius 3 is 2.88 bits per heavy atom. The van der Waals surface area contributed by atoms with Gasteiger partial charge in [0.1, 0.15) is 4.34 Å². The first-order valence-corrected chi connectivity index (χ1v) is 6.86. The van der Waals surface area contributed by atoms with Crippen LogP contribution < -0.4 is 5.32 Å². The molecule has 1 fully saturated rings. The maximum atomic E-state index is 6.13. The summed E-state index contributed by atoms with van der Waals surface area (Å²) >= 11 is 13.5. The van der Waals surface area contributed by atoms with E-state index in [0.29, 0.717) is 4.34 Å². The largest absolute Gasteiger partial charge is 0.372 e. The number of hydrogen-bond donors (Lipinski definition) is 1. The fourth-order valence-corrected chi connectivity index (χ4v) is 3.30. The van der Waals surface area contributed by atoms with E-state index >= 15 is 0 Å². The predicted molar refractivity (Wildman–Crippen MR) is 69.7 cm³/mol. The van der Waals surface area contributed by atoms with Crippen molar-refractivity contribution in [2.75, 3.05) is 13.2 Å². The third-order valence-corrected chi connectivity index (χ3v) is 4.36. The molecular formula is C11H15Cl2NOS. The van der Waals surface area contributed by atoms with Crippen molar-refractivity contribution in [2.45, 2.75) is 31.9 Å². The summed E-state index contributed by atoms with van der Waals surface area (Å²) < 4.78 is 7.27. The Morgan fingerprint density at radius 2 is 2.25 bits per heavy atom. The molecule has 5 heteroatoms. The van der Waals surface area contributed by atoms with Crippen LogP contribution in [0.3, 0.4) is 0 Å². The molecule has 0 aliphatic carbocycles. The minimum Gasteiger partial charge on any atom is -0.372 e. The first kappa shape index (κ1) is 12.7. The van der Waals surface area contributed by atoms with Crippen LogP contribution in [-0.2, 0) is 4.74 Å². The molecule has 1 N–H and O–H groups in total. The average molecular weight is 280 g/mol. The summed E-state index contributed by atoms with van der Waals surface area (Å²) in [7, 11) is 0. The van der Waals surface area contributed by atoms with Crippen molar-refractivity contribution in [2.24, 2.45) is 0 Å². The van der Waals surface area contributed by atoms with Gasteiger partial charge in [-0.25, -0.2) is 0 Å². The van der Waals surface area contributed by atoms with Crippen molar-refractivity contribution in [3.05, 3.63) is 20.3 Å². The van der Waals surface area contributed by atoms with Crippen LogP contribution in [-0.4, -0.2) is 18.7 Å². The topological polar surface area (TPSA) is 21.3 Å². The van der Waals surface area contributed by atoms with Gasteiger partial charge in [-0.05, 0) is 26.3 Å². The van der Waals surface area contributed by atoms with Crippen molar-refractivity contribution in [3.63, 3.8) is 0 Å². The SMILES string of the molecule is CC1(C)CCOC(c2cc(Cl)sc2Cl)CN1. The zero-order valence-electron chi connectivity index (χ0n) is 9.35. The molecule has 0 radical (unpaired) electrons. The fraction of sp³-hybridized carbons (Fsp3) is 0.636. The second-order valence-electron chi connectivity index (χ2n) is 4.65. The Bertz CT molecular complexity index is 378. The lowest BCUT2D eigenvalue weighted by molar-refractivity contribution is 0.0660.